The second-order valence-corrected chi connectivity index (χ2v) is 14.0. The van der Waals surface area contributed by atoms with E-state index < -0.39 is 0 Å². The first-order valence-corrected chi connectivity index (χ1v) is 17.3. The molecular weight excluding hydrogens is 589 g/mol. The molecule has 0 atom stereocenters. The maximum absolute atomic E-state index is 2.43. The van der Waals surface area contributed by atoms with Gasteiger partial charge in [-0.1, -0.05) is 178 Å². The highest BCUT2D eigenvalue weighted by atomic mass is 14.4. The molecule has 0 spiro atoms. The van der Waals surface area contributed by atoms with Crippen LogP contribution in [0.25, 0.3) is 87.6 Å². The van der Waals surface area contributed by atoms with Gasteiger partial charge in [-0.3, -0.25) is 0 Å². The summed E-state index contributed by atoms with van der Waals surface area (Å²) in [7, 11) is 0. The summed E-state index contributed by atoms with van der Waals surface area (Å²) >= 11 is 0. The van der Waals surface area contributed by atoms with Crippen LogP contribution in [0.3, 0.4) is 0 Å². The van der Waals surface area contributed by atoms with Crippen molar-refractivity contribution in [1.29, 1.82) is 0 Å². The highest BCUT2D eigenvalue weighted by Gasteiger charge is 2.39. The smallest absolute Gasteiger partial charge is 0.0165 e. The van der Waals surface area contributed by atoms with Crippen molar-refractivity contribution in [2.45, 2.75) is 19.3 Å². The van der Waals surface area contributed by atoms with Gasteiger partial charge in [0.2, 0.25) is 0 Å². The molecule has 0 saturated heterocycles. The lowest BCUT2D eigenvalue weighted by atomic mass is 9.79. The molecule has 0 heterocycles. The van der Waals surface area contributed by atoms with Crippen molar-refractivity contribution in [3.8, 4) is 44.5 Å². The van der Waals surface area contributed by atoms with Crippen LogP contribution in [0, 0.1) is 0 Å². The molecule has 0 heteroatoms. The monoisotopic (exact) mass is 622 g/mol. The Morgan fingerprint density at radius 2 is 0.735 bits per heavy atom. The second kappa shape index (κ2) is 10.5. The first-order chi connectivity index (χ1) is 24.1. The largest absolute Gasteiger partial charge is 0.0622 e. The molecule has 0 aromatic heterocycles. The van der Waals surface area contributed by atoms with Gasteiger partial charge >= 0.3 is 0 Å². The Morgan fingerprint density at radius 3 is 1.35 bits per heavy atom. The molecular formula is C49H34. The molecule has 0 unspecified atom stereocenters. The zero-order chi connectivity index (χ0) is 32.7. The minimum Gasteiger partial charge on any atom is -0.0622 e. The Bertz CT molecular complexity index is 2720. The molecule has 0 N–H and O–H groups in total. The standard InChI is InChI=1S/C49H34/c1-49(2)43-29-15-28-34(46(43)47-37-22-8-6-20-35(37)36-21-7-13-27-42(36)48(47)49)32-18-14-19-33(30-32)45-40-25-11-9-23-38(40)44(31-16-4-3-5-17-31)39-24-10-12-26-41(39)45/h3-30H,1-2H3. The third-order valence-corrected chi connectivity index (χ3v) is 11.0. The Hall–Kier alpha value is -5.98. The number of benzene rings is 9. The van der Waals surface area contributed by atoms with Gasteiger partial charge < -0.3 is 0 Å². The summed E-state index contributed by atoms with van der Waals surface area (Å²) in [6.07, 6.45) is 0. The molecule has 0 saturated carbocycles. The zero-order valence-corrected chi connectivity index (χ0v) is 27.7. The molecule has 0 radical (unpaired) electrons. The minimum atomic E-state index is -0.137. The summed E-state index contributed by atoms with van der Waals surface area (Å²) < 4.78 is 0. The average molecular weight is 623 g/mol. The van der Waals surface area contributed by atoms with Crippen LogP contribution in [0.5, 0.6) is 0 Å². The van der Waals surface area contributed by atoms with Crippen LogP contribution in [0.1, 0.15) is 25.0 Å². The minimum absolute atomic E-state index is 0.137. The highest BCUT2D eigenvalue weighted by molar-refractivity contribution is 6.22. The molecule has 0 bridgehead atoms. The summed E-state index contributed by atoms with van der Waals surface area (Å²) in [6.45, 7) is 4.82. The van der Waals surface area contributed by atoms with Crippen molar-refractivity contribution < 1.29 is 0 Å². The molecule has 49 heavy (non-hydrogen) atoms. The van der Waals surface area contributed by atoms with E-state index in [4.69, 9.17) is 0 Å². The van der Waals surface area contributed by atoms with E-state index in [-0.39, 0.29) is 5.41 Å². The summed E-state index contributed by atoms with van der Waals surface area (Å²) in [6, 6.07) is 62.9. The van der Waals surface area contributed by atoms with Crippen LogP contribution < -0.4 is 0 Å². The Kier molecular flexibility index (Phi) is 6.02. The van der Waals surface area contributed by atoms with Gasteiger partial charge in [-0.25, -0.2) is 0 Å². The lowest BCUT2D eigenvalue weighted by molar-refractivity contribution is 0.666. The predicted molar refractivity (Wildman–Crippen MR) is 210 cm³/mol. The number of fused-ring (bicyclic) bond motifs is 10. The third kappa shape index (κ3) is 3.98. The van der Waals surface area contributed by atoms with Crippen LogP contribution in [0.2, 0.25) is 0 Å². The summed E-state index contributed by atoms with van der Waals surface area (Å²) in [5.41, 5.74) is 13.1. The molecule has 230 valence electrons. The fourth-order valence-electron chi connectivity index (χ4n) is 8.97. The summed E-state index contributed by atoms with van der Waals surface area (Å²) in [5, 5.41) is 10.5. The van der Waals surface area contributed by atoms with Crippen LogP contribution in [0.15, 0.2) is 170 Å². The number of hydrogen-bond donors (Lipinski definition) is 0. The van der Waals surface area contributed by atoms with E-state index in [2.05, 4.69) is 184 Å². The van der Waals surface area contributed by atoms with Gasteiger partial charge in [0.05, 0.1) is 0 Å². The van der Waals surface area contributed by atoms with Crippen molar-refractivity contribution in [1.82, 2.24) is 0 Å². The lowest BCUT2D eigenvalue weighted by Gasteiger charge is -2.24. The van der Waals surface area contributed by atoms with Crippen molar-refractivity contribution in [2.75, 3.05) is 0 Å². The first kappa shape index (κ1) is 28.1. The molecule has 1 aliphatic rings. The lowest BCUT2D eigenvalue weighted by Crippen LogP contribution is -2.15. The maximum atomic E-state index is 2.43. The van der Waals surface area contributed by atoms with E-state index >= 15 is 0 Å². The molecule has 0 amide bonds. The van der Waals surface area contributed by atoms with Crippen molar-refractivity contribution in [3.05, 3.63) is 181 Å². The Labute approximate surface area is 286 Å². The van der Waals surface area contributed by atoms with Crippen molar-refractivity contribution in [2.24, 2.45) is 0 Å². The van der Waals surface area contributed by atoms with E-state index in [1.807, 2.05) is 0 Å². The van der Waals surface area contributed by atoms with Crippen LogP contribution in [-0.2, 0) is 5.41 Å². The van der Waals surface area contributed by atoms with Gasteiger partial charge in [0.15, 0.2) is 0 Å². The van der Waals surface area contributed by atoms with Gasteiger partial charge in [-0.2, -0.15) is 0 Å². The molecule has 1 aliphatic carbocycles. The summed E-state index contributed by atoms with van der Waals surface area (Å²) in [4.78, 5) is 0. The predicted octanol–water partition coefficient (Wildman–Crippen LogP) is 13.6. The highest BCUT2D eigenvalue weighted by Crippen LogP contribution is 2.57. The topological polar surface area (TPSA) is 0 Å². The van der Waals surface area contributed by atoms with E-state index in [1.165, 1.54) is 98.7 Å². The maximum Gasteiger partial charge on any atom is 0.0165 e. The van der Waals surface area contributed by atoms with Gasteiger partial charge in [-0.15, -0.1) is 0 Å². The molecule has 9 aromatic carbocycles. The van der Waals surface area contributed by atoms with E-state index in [0.29, 0.717) is 0 Å². The zero-order valence-electron chi connectivity index (χ0n) is 27.7. The average Bonchev–Trinajstić information content (AvgIpc) is 3.41. The molecule has 0 aliphatic heterocycles. The molecule has 10 rings (SSSR count). The quantitative estimate of drug-likeness (QED) is 0.136. The normalized spacial score (nSPS) is 13.3. The van der Waals surface area contributed by atoms with E-state index in [9.17, 15) is 0 Å². The number of rotatable bonds is 3. The van der Waals surface area contributed by atoms with Crippen molar-refractivity contribution in [3.63, 3.8) is 0 Å². The van der Waals surface area contributed by atoms with Gasteiger partial charge in [-0.05, 0) is 105 Å². The molecule has 0 nitrogen and oxygen atoms in total. The van der Waals surface area contributed by atoms with Gasteiger partial charge in [0.25, 0.3) is 0 Å². The van der Waals surface area contributed by atoms with E-state index in [1.54, 1.807) is 0 Å². The first-order valence-electron chi connectivity index (χ1n) is 17.3. The SMILES string of the molecule is CC1(C)c2cccc(-c3cccc(-c4c5ccccc5c(-c5ccccc5)c5ccccc45)c3)c2-c2c1c1ccccc1c1ccccc21. The van der Waals surface area contributed by atoms with Crippen molar-refractivity contribution >= 4 is 43.1 Å². The van der Waals surface area contributed by atoms with Gasteiger partial charge in [0, 0.05) is 5.41 Å². The third-order valence-electron chi connectivity index (χ3n) is 11.0. The Morgan fingerprint density at radius 1 is 0.306 bits per heavy atom. The second-order valence-electron chi connectivity index (χ2n) is 14.0. The fraction of sp³-hybridized carbons (Fsp3) is 0.0612. The van der Waals surface area contributed by atoms with Crippen LogP contribution >= 0.6 is 0 Å². The van der Waals surface area contributed by atoms with Gasteiger partial charge in [0.1, 0.15) is 0 Å². The Balaban J connectivity index is 1.26. The fourth-order valence-corrected chi connectivity index (χ4v) is 8.97. The summed E-state index contributed by atoms with van der Waals surface area (Å²) in [5.74, 6) is 0. The number of hydrogen-bond acceptors (Lipinski definition) is 0. The molecule has 0 fully saturated rings. The van der Waals surface area contributed by atoms with Crippen LogP contribution in [-0.4, -0.2) is 0 Å². The molecule has 9 aromatic rings. The van der Waals surface area contributed by atoms with E-state index in [0.717, 1.165) is 0 Å². The van der Waals surface area contributed by atoms with Crippen LogP contribution in [0.4, 0.5) is 0 Å².